The first-order valence-corrected chi connectivity index (χ1v) is 4.23. The third-order valence-electron chi connectivity index (χ3n) is 1.90. The molecule has 0 aliphatic carbocycles. The molecule has 0 aliphatic heterocycles. The fraction of sp³-hybridized carbons (Fsp3) is 1.00. The quantitative estimate of drug-likeness (QED) is 0.407. The summed E-state index contributed by atoms with van der Waals surface area (Å²) in [6.45, 7) is 1.93. The van der Waals surface area contributed by atoms with Gasteiger partial charge in [-0.1, -0.05) is 0 Å². The molecule has 10 heavy (non-hydrogen) atoms. The van der Waals surface area contributed by atoms with Crippen LogP contribution >= 0.6 is 0 Å². The fourth-order valence-corrected chi connectivity index (χ4v) is 0.865. The second-order valence-electron chi connectivity index (χ2n) is 2.30. The van der Waals surface area contributed by atoms with Crippen molar-refractivity contribution in [1.82, 2.24) is 0 Å². The maximum absolute atomic E-state index is 5.15. The van der Waals surface area contributed by atoms with Crippen molar-refractivity contribution in [2.45, 2.75) is 18.4 Å². The number of ether oxygens (including phenoxy) is 3. The minimum absolute atomic E-state index is 0.00540. The molecule has 4 heteroatoms. The van der Waals surface area contributed by atoms with Crippen LogP contribution in [0.5, 0.6) is 0 Å². The van der Waals surface area contributed by atoms with Crippen LogP contribution in [0.3, 0.4) is 0 Å². The van der Waals surface area contributed by atoms with Gasteiger partial charge in [-0.3, -0.25) is 0 Å². The molecular weight excluding hydrogens is 148 g/mol. The van der Waals surface area contributed by atoms with Gasteiger partial charge in [0.2, 0.25) is 0 Å². The van der Waals surface area contributed by atoms with E-state index >= 15 is 0 Å². The number of methoxy groups -OCH3 is 3. The van der Waals surface area contributed by atoms with E-state index in [0.29, 0.717) is 0 Å². The number of rotatable bonds is 4. The van der Waals surface area contributed by atoms with Crippen LogP contribution in [0, 0.1) is 0 Å². The lowest BCUT2D eigenvalue weighted by atomic mass is 10.4. The van der Waals surface area contributed by atoms with Gasteiger partial charge in [-0.25, -0.2) is 0 Å². The monoisotopic (exact) mass is 164 g/mol. The molecule has 0 saturated heterocycles. The second-order valence-corrected chi connectivity index (χ2v) is 3.70. The summed E-state index contributed by atoms with van der Waals surface area (Å²) in [5.41, 5.74) is -0.491. The molecule has 0 saturated carbocycles. The van der Waals surface area contributed by atoms with Gasteiger partial charge in [0.05, 0.1) is 10.2 Å². The largest absolute Gasteiger partial charge is 0.377 e. The molecule has 3 nitrogen and oxygen atoms in total. The van der Waals surface area contributed by atoms with E-state index in [1.807, 2.05) is 6.92 Å². The highest BCUT2D eigenvalue weighted by molar-refractivity contribution is 6.13. The molecule has 0 rings (SSSR count). The van der Waals surface area contributed by atoms with Crippen LogP contribution in [0.4, 0.5) is 0 Å². The van der Waals surface area contributed by atoms with E-state index in [9.17, 15) is 0 Å². The molecule has 0 heterocycles. The van der Waals surface area contributed by atoms with Crippen molar-refractivity contribution in [2.24, 2.45) is 0 Å². The molecule has 0 aromatic rings. The van der Waals surface area contributed by atoms with Crippen LogP contribution in [-0.2, 0) is 14.2 Å². The summed E-state index contributed by atoms with van der Waals surface area (Å²) < 4.78 is 15.4. The molecule has 0 spiro atoms. The second kappa shape index (κ2) is 4.08. The zero-order valence-corrected chi connectivity index (χ0v) is 9.30. The normalized spacial score (nSPS) is 15.6. The van der Waals surface area contributed by atoms with E-state index in [2.05, 4.69) is 0 Å². The van der Waals surface area contributed by atoms with Gasteiger partial charge in [0, 0.05) is 21.3 Å². The summed E-state index contributed by atoms with van der Waals surface area (Å²) >= 11 is 0. The molecule has 0 aliphatic rings. The Hall–Kier alpha value is 0.0969. The summed E-state index contributed by atoms with van der Waals surface area (Å²) in [4.78, 5) is 0. The zero-order valence-electron chi connectivity index (χ0n) is 7.30. The predicted octanol–water partition coefficient (Wildman–Crippen LogP) is -0.667. The average Bonchev–Trinajstić information content (AvgIpc) is 2.01. The molecular formula is C6H16O3Si. The Kier molecular flexibility index (Phi) is 4.11. The first-order chi connectivity index (χ1) is 4.60. The Bertz CT molecular complexity index is 93.0. The van der Waals surface area contributed by atoms with Gasteiger partial charge in [-0.2, -0.15) is 0 Å². The average molecular weight is 164 g/mol. The van der Waals surface area contributed by atoms with Gasteiger partial charge < -0.3 is 14.2 Å². The maximum atomic E-state index is 5.15. The van der Waals surface area contributed by atoms with Crippen LogP contribution in [0.1, 0.15) is 6.92 Å². The van der Waals surface area contributed by atoms with Crippen molar-refractivity contribution in [3.63, 3.8) is 0 Å². The Morgan fingerprint density at radius 2 is 1.60 bits per heavy atom. The minimum atomic E-state index is -0.491. The van der Waals surface area contributed by atoms with Crippen LogP contribution in [0.15, 0.2) is 0 Å². The molecule has 0 radical (unpaired) electrons. The number of hydrogen-bond acceptors (Lipinski definition) is 3. The van der Waals surface area contributed by atoms with E-state index in [0.717, 1.165) is 10.2 Å². The molecule has 1 atom stereocenters. The smallest absolute Gasteiger partial charge is 0.165 e. The van der Waals surface area contributed by atoms with Crippen molar-refractivity contribution in [1.29, 1.82) is 0 Å². The van der Waals surface area contributed by atoms with Crippen molar-refractivity contribution in [3.8, 4) is 0 Å². The van der Waals surface area contributed by atoms with Crippen molar-refractivity contribution in [3.05, 3.63) is 0 Å². The van der Waals surface area contributed by atoms with Gasteiger partial charge in [0.1, 0.15) is 6.10 Å². The first kappa shape index (κ1) is 10.1. The SMILES string of the molecule is CO[C@@H](C)C([SiH3])(OC)OC. The molecule has 0 unspecified atom stereocenters. The maximum Gasteiger partial charge on any atom is 0.165 e. The highest BCUT2D eigenvalue weighted by atomic mass is 28.1. The van der Waals surface area contributed by atoms with E-state index < -0.39 is 5.41 Å². The van der Waals surface area contributed by atoms with Crippen LogP contribution in [-0.4, -0.2) is 43.1 Å². The number of hydrogen-bond donors (Lipinski definition) is 0. The molecule has 0 aromatic heterocycles. The van der Waals surface area contributed by atoms with E-state index in [1.165, 1.54) is 0 Å². The Morgan fingerprint density at radius 1 is 1.20 bits per heavy atom. The Morgan fingerprint density at radius 3 is 1.70 bits per heavy atom. The van der Waals surface area contributed by atoms with Crippen LogP contribution < -0.4 is 0 Å². The van der Waals surface area contributed by atoms with Crippen molar-refractivity contribution in [2.75, 3.05) is 21.3 Å². The molecule has 0 amide bonds. The zero-order chi connectivity index (χ0) is 8.20. The standard InChI is InChI=1S/C6H16O3Si/c1-5(7-2)6(10,8-3)9-4/h5H,1-4,10H3/t5-/m0/s1. The highest BCUT2D eigenvalue weighted by Crippen LogP contribution is 2.13. The van der Waals surface area contributed by atoms with E-state index in [-0.39, 0.29) is 6.10 Å². The van der Waals surface area contributed by atoms with Crippen LogP contribution in [0.25, 0.3) is 0 Å². The summed E-state index contributed by atoms with van der Waals surface area (Å²) in [6.07, 6.45) is -0.00540. The van der Waals surface area contributed by atoms with Crippen molar-refractivity contribution < 1.29 is 14.2 Å². The summed E-state index contributed by atoms with van der Waals surface area (Å²) in [6, 6.07) is 0. The minimum Gasteiger partial charge on any atom is -0.377 e. The molecule has 0 fully saturated rings. The Balaban J connectivity index is 4.02. The van der Waals surface area contributed by atoms with Crippen LogP contribution in [0.2, 0.25) is 0 Å². The lowest BCUT2D eigenvalue weighted by Crippen LogP contribution is -2.45. The summed E-state index contributed by atoms with van der Waals surface area (Å²) in [7, 11) is 5.70. The molecule has 62 valence electrons. The van der Waals surface area contributed by atoms with Gasteiger partial charge in [-0.05, 0) is 6.92 Å². The van der Waals surface area contributed by atoms with Gasteiger partial charge in [0.25, 0.3) is 0 Å². The summed E-state index contributed by atoms with van der Waals surface area (Å²) in [5, 5.41) is 0. The lowest BCUT2D eigenvalue weighted by molar-refractivity contribution is -0.202. The molecule has 0 N–H and O–H groups in total. The fourth-order valence-electron chi connectivity index (χ4n) is 0.629. The third kappa shape index (κ3) is 2.05. The molecule has 0 bridgehead atoms. The van der Waals surface area contributed by atoms with Gasteiger partial charge >= 0.3 is 0 Å². The van der Waals surface area contributed by atoms with E-state index in [4.69, 9.17) is 14.2 Å². The third-order valence-corrected chi connectivity index (χ3v) is 3.53. The Labute approximate surface area is 65.1 Å². The lowest BCUT2D eigenvalue weighted by Gasteiger charge is -2.31. The predicted molar refractivity (Wildman–Crippen MR) is 43.2 cm³/mol. The molecule has 0 aromatic carbocycles. The van der Waals surface area contributed by atoms with E-state index in [1.54, 1.807) is 21.3 Å². The van der Waals surface area contributed by atoms with Gasteiger partial charge in [-0.15, -0.1) is 0 Å². The van der Waals surface area contributed by atoms with Crippen molar-refractivity contribution >= 4 is 10.2 Å². The highest BCUT2D eigenvalue weighted by Gasteiger charge is 2.29. The first-order valence-electron chi connectivity index (χ1n) is 3.23. The topological polar surface area (TPSA) is 27.7 Å². The summed E-state index contributed by atoms with van der Waals surface area (Å²) in [5.74, 6) is 0. The van der Waals surface area contributed by atoms with Gasteiger partial charge in [0.15, 0.2) is 5.41 Å².